The molecule has 3 rings (SSSR count). The molecule has 148 valence electrons. The first-order valence-electron chi connectivity index (χ1n) is 8.65. The van der Waals surface area contributed by atoms with Gasteiger partial charge < -0.3 is 15.4 Å². The summed E-state index contributed by atoms with van der Waals surface area (Å²) in [5.74, 6) is -0.543. The first-order chi connectivity index (χ1) is 13.3. The smallest absolute Gasteiger partial charge is 0.418 e. The number of anilines is 1. The summed E-state index contributed by atoms with van der Waals surface area (Å²) in [6, 6.07) is 11.7. The van der Waals surface area contributed by atoms with Crippen molar-refractivity contribution in [2.45, 2.75) is 25.6 Å². The number of nitrogens with one attached hydrogen (secondary N) is 2. The first kappa shape index (κ1) is 19.7. The molecule has 2 aromatic carbocycles. The van der Waals surface area contributed by atoms with E-state index < -0.39 is 29.0 Å². The van der Waals surface area contributed by atoms with Crippen molar-refractivity contribution in [1.29, 1.82) is 0 Å². The number of carbonyl (C=O) groups is 2. The summed E-state index contributed by atoms with van der Waals surface area (Å²) in [5.41, 5.74) is -1.81. The Morgan fingerprint density at radius 3 is 2.25 bits per heavy atom. The van der Waals surface area contributed by atoms with Gasteiger partial charge in [-0.25, -0.2) is 0 Å². The van der Waals surface area contributed by atoms with E-state index >= 15 is 0 Å². The second-order valence-electron chi connectivity index (χ2n) is 6.61. The molecular formula is C20H19F3N2O3. The lowest BCUT2D eigenvalue weighted by Crippen LogP contribution is -2.39. The Bertz CT molecular complexity index is 875. The number of hydrogen-bond acceptors (Lipinski definition) is 3. The van der Waals surface area contributed by atoms with Gasteiger partial charge in [0.1, 0.15) is 11.2 Å². The van der Waals surface area contributed by atoms with Crippen LogP contribution in [-0.2, 0) is 22.3 Å². The van der Waals surface area contributed by atoms with E-state index in [-0.39, 0.29) is 12.2 Å². The number of halogens is 3. The zero-order chi connectivity index (χ0) is 20.4. The molecule has 28 heavy (non-hydrogen) atoms. The fourth-order valence-corrected chi connectivity index (χ4v) is 2.86. The highest BCUT2D eigenvalue weighted by Gasteiger charge is 2.56. The highest BCUT2D eigenvalue weighted by Crippen LogP contribution is 2.47. The minimum atomic E-state index is -4.60. The van der Waals surface area contributed by atoms with Crippen LogP contribution in [0.2, 0.25) is 0 Å². The molecule has 2 N–H and O–H groups in total. The van der Waals surface area contributed by atoms with Crippen molar-refractivity contribution >= 4 is 17.5 Å². The van der Waals surface area contributed by atoms with Gasteiger partial charge in [-0.2, -0.15) is 13.2 Å². The van der Waals surface area contributed by atoms with E-state index in [0.29, 0.717) is 18.6 Å². The predicted octanol–water partition coefficient (Wildman–Crippen LogP) is 3.75. The molecule has 0 saturated heterocycles. The summed E-state index contributed by atoms with van der Waals surface area (Å²) in [5, 5.41) is 4.97. The minimum Gasteiger partial charge on any atom is -0.497 e. The molecule has 5 nitrogen and oxygen atoms in total. The van der Waals surface area contributed by atoms with Gasteiger partial charge in [0.25, 0.3) is 0 Å². The van der Waals surface area contributed by atoms with E-state index in [2.05, 4.69) is 10.6 Å². The molecule has 0 spiro atoms. The van der Waals surface area contributed by atoms with Gasteiger partial charge >= 0.3 is 6.18 Å². The topological polar surface area (TPSA) is 67.4 Å². The zero-order valence-corrected chi connectivity index (χ0v) is 15.1. The Balaban J connectivity index is 1.66. The Morgan fingerprint density at radius 2 is 1.68 bits per heavy atom. The second-order valence-corrected chi connectivity index (χ2v) is 6.61. The lowest BCUT2D eigenvalue weighted by molar-refractivity contribution is -0.137. The van der Waals surface area contributed by atoms with Crippen LogP contribution >= 0.6 is 0 Å². The lowest BCUT2D eigenvalue weighted by atomic mass is 10.0. The molecular weight excluding hydrogens is 373 g/mol. The van der Waals surface area contributed by atoms with Gasteiger partial charge in [0, 0.05) is 6.54 Å². The molecule has 1 saturated carbocycles. The summed E-state index contributed by atoms with van der Waals surface area (Å²) in [7, 11) is 1.54. The van der Waals surface area contributed by atoms with Gasteiger partial charge in [0.2, 0.25) is 11.8 Å². The molecule has 1 aliphatic carbocycles. The Kier molecular flexibility index (Phi) is 5.31. The molecule has 0 bridgehead atoms. The molecule has 0 radical (unpaired) electrons. The van der Waals surface area contributed by atoms with E-state index in [1.54, 1.807) is 31.4 Å². The first-order valence-corrected chi connectivity index (χ1v) is 8.65. The third-order valence-corrected chi connectivity index (χ3v) is 4.71. The number of amides is 2. The molecule has 0 atom stereocenters. The standard InChI is InChI=1S/C20H19F3N2O3/c1-28-14-8-6-13(7-9-14)12-24-17(26)19(10-11-19)18(27)25-16-5-3-2-4-15(16)20(21,22)23/h2-9H,10-12H2,1H3,(H,24,26)(H,25,27). The van der Waals surface area contributed by atoms with Gasteiger partial charge in [0.05, 0.1) is 18.4 Å². The van der Waals surface area contributed by atoms with Crippen LogP contribution < -0.4 is 15.4 Å². The van der Waals surface area contributed by atoms with Gasteiger partial charge in [-0.05, 0) is 42.7 Å². The molecule has 1 aliphatic rings. The van der Waals surface area contributed by atoms with Crippen molar-refractivity contribution in [1.82, 2.24) is 5.32 Å². The lowest BCUT2D eigenvalue weighted by Gasteiger charge is -2.18. The van der Waals surface area contributed by atoms with Gasteiger partial charge in [0.15, 0.2) is 0 Å². The maximum atomic E-state index is 13.1. The Hall–Kier alpha value is -3.03. The summed E-state index contributed by atoms with van der Waals surface area (Å²) < 4.78 is 44.3. The van der Waals surface area contributed by atoms with Crippen molar-refractivity contribution in [2.75, 3.05) is 12.4 Å². The van der Waals surface area contributed by atoms with Gasteiger partial charge in [-0.15, -0.1) is 0 Å². The fraction of sp³-hybridized carbons (Fsp3) is 0.300. The van der Waals surface area contributed by atoms with Crippen molar-refractivity contribution in [3.05, 3.63) is 59.7 Å². The van der Waals surface area contributed by atoms with Crippen molar-refractivity contribution < 1.29 is 27.5 Å². The monoisotopic (exact) mass is 392 g/mol. The maximum absolute atomic E-state index is 13.1. The fourth-order valence-electron chi connectivity index (χ4n) is 2.86. The van der Waals surface area contributed by atoms with Crippen molar-refractivity contribution in [3.63, 3.8) is 0 Å². The number of methoxy groups -OCH3 is 1. The minimum absolute atomic E-state index is 0.205. The van der Waals surface area contributed by atoms with E-state index in [1.807, 2.05) is 0 Å². The number of para-hydroxylation sites is 1. The molecule has 0 aromatic heterocycles. The van der Waals surface area contributed by atoms with E-state index in [9.17, 15) is 22.8 Å². The molecule has 2 aromatic rings. The highest BCUT2D eigenvalue weighted by atomic mass is 19.4. The predicted molar refractivity (Wildman–Crippen MR) is 96.6 cm³/mol. The highest BCUT2D eigenvalue weighted by molar-refractivity contribution is 6.13. The van der Waals surface area contributed by atoms with E-state index in [0.717, 1.165) is 11.6 Å². The molecule has 0 unspecified atom stereocenters. The molecule has 0 heterocycles. The van der Waals surface area contributed by atoms with Crippen LogP contribution in [0.1, 0.15) is 24.0 Å². The molecule has 2 amide bonds. The number of rotatable bonds is 6. The van der Waals surface area contributed by atoms with Gasteiger partial charge in [-0.3, -0.25) is 9.59 Å². The number of carbonyl (C=O) groups excluding carboxylic acids is 2. The van der Waals surface area contributed by atoms with Crippen LogP contribution in [-0.4, -0.2) is 18.9 Å². The van der Waals surface area contributed by atoms with Crippen molar-refractivity contribution in [3.8, 4) is 5.75 Å². The summed E-state index contributed by atoms with van der Waals surface area (Å²) in [4.78, 5) is 25.1. The third kappa shape index (κ3) is 4.11. The molecule has 1 fully saturated rings. The Labute approximate surface area is 159 Å². The number of benzene rings is 2. The SMILES string of the molecule is COc1ccc(CNC(=O)C2(C(=O)Nc3ccccc3C(F)(F)F)CC2)cc1. The quantitative estimate of drug-likeness (QED) is 0.736. The van der Waals surface area contributed by atoms with E-state index in [4.69, 9.17) is 4.74 Å². The van der Waals surface area contributed by atoms with Crippen LogP contribution in [0.4, 0.5) is 18.9 Å². The van der Waals surface area contributed by atoms with E-state index in [1.165, 1.54) is 18.2 Å². The number of alkyl halides is 3. The average Bonchev–Trinajstić information content (AvgIpc) is 3.48. The Morgan fingerprint density at radius 1 is 1.04 bits per heavy atom. The maximum Gasteiger partial charge on any atom is 0.418 e. The van der Waals surface area contributed by atoms with Crippen LogP contribution in [0.5, 0.6) is 5.75 Å². The average molecular weight is 392 g/mol. The van der Waals surface area contributed by atoms with Crippen LogP contribution in [0.3, 0.4) is 0 Å². The van der Waals surface area contributed by atoms with Crippen LogP contribution in [0, 0.1) is 5.41 Å². The molecule has 8 heteroatoms. The summed E-state index contributed by atoms with van der Waals surface area (Å²) in [6.07, 6.45) is -4.01. The zero-order valence-electron chi connectivity index (χ0n) is 15.1. The number of ether oxygens (including phenoxy) is 1. The second kappa shape index (κ2) is 7.53. The molecule has 0 aliphatic heterocycles. The normalized spacial score (nSPS) is 14.9. The van der Waals surface area contributed by atoms with Crippen LogP contribution in [0.25, 0.3) is 0 Å². The van der Waals surface area contributed by atoms with Crippen molar-refractivity contribution in [2.24, 2.45) is 5.41 Å². The summed E-state index contributed by atoms with van der Waals surface area (Å²) in [6.45, 7) is 0.205. The van der Waals surface area contributed by atoms with Crippen LogP contribution in [0.15, 0.2) is 48.5 Å². The number of hydrogen-bond donors (Lipinski definition) is 2. The van der Waals surface area contributed by atoms with Gasteiger partial charge in [-0.1, -0.05) is 24.3 Å². The summed E-state index contributed by atoms with van der Waals surface area (Å²) >= 11 is 0. The largest absolute Gasteiger partial charge is 0.497 e. The third-order valence-electron chi connectivity index (χ3n) is 4.71.